The predicted octanol–water partition coefficient (Wildman–Crippen LogP) is 2.75. The molecule has 1 aromatic rings. The molecule has 0 heterocycles. The molecule has 0 aromatic heterocycles. The van der Waals surface area contributed by atoms with Crippen molar-refractivity contribution < 1.29 is 14.5 Å². The first-order valence-electron chi connectivity index (χ1n) is 6.70. The van der Waals surface area contributed by atoms with E-state index in [-0.39, 0.29) is 11.7 Å². The number of nitrogens with zero attached hydrogens (tertiary/aromatic N) is 1. The topological polar surface area (TPSA) is 95.5 Å². The third kappa shape index (κ3) is 5.73. The van der Waals surface area contributed by atoms with Crippen molar-refractivity contribution in [1.82, 2.24) is 0 Å². The van der Waals surface area contributed by atoms with E-state index in [2.05, 4.69) is 0 Å². The van der Waals surface area contributed by atoms with Gasteiger partial charge in [-0.3, -0.25) is 14.9 Å². The Bertz CT molecular complexity index is 488. The fourth-order valence-corrected chi connectivity index (χ4v) is 2.54. The smallest absolute Gasteiger partial charge is 0.325 e. The summed E-state index contributed by atoms with van der Waals surface area (Å²) in [6.45, 7) is 3.74. The highest BCUT2D eigenvalue weighted by molar-refractivity contribution is 7.99. The van der Waals surface area contributed by atoms with Crippen LogP contribution in [0, 0.1) is 10.1 Å². The summed E-state index contributed by atoms with van der Waals surface area (Å²) >= 11 is 1.58. The quantitative estimate of drug-likeness (QED) is 0.261. The van der Waals surface area contributed by atoms with Gasteiger partial charge in [0.05, 0.1) is 11.5 Å². The lowest BCUT2D eigenvalue weighted by Crippen LogP contribution is -2.46. The van der Waals surface area contributed by atoms with E-state index in [9.17, 15) is 14.9 Å². The Balaban J connectivity index is 2.37. The van der Waals surface area contributed by atoms with E-state index in [0.29, 0.717) is 13.0 Å². The van der Waals surface area contributed by atoms with Crippen LogP contribution in [0.5, 0.6) is 0 Å². The van der Waals surface area contributed by atoms with E-state index in [0.717, 1.165) is 17.1 Å². The maximum atomic E-state index is 11.6. The molecule has 0 bridgehead atoms. The van der Waals surface area contributed by atoms with Gasteiger partial charge in [-0.15, -0.1) is 11.8 Å². The average Bonchev–Trinajstić information content (AvgIpc) is 2.44. The number of nitro groups is 1. The molecule has 0 aliphatic heterocycles. The standard InChI is InChI=1S/C14H20N2O4S/c1-3-20-13(17)14(2,15)9-4-10-21-12-7-5-11(6-8-12)16(18)19/h5-8H,3-4,9-10,15H2,1-2H3. The molecule has 0 spiro atoms. The van der Waals surface area contributed by atoms with Gasteiger partial charge in [-0.1, -0.05) is 0 Å². The summed E-state index contributed by atoms with van der Waals surface area (Å²) < 4.78 is 4.92. The van der Waals surface area contributed by atoms with Gasteiger partial charge >= 0.3 is 5.97 Å². The highest BCUT2D eigenvalue weighted by atomic mass is 32.2. The van der Waals surface area contributed by atoms with Gasteiger partial charge in [0.15, 0.2) is 0 Å². The van der Waals surface area contributed by atoms with E-state index < -0.39 is 10.5 Å². The second-order valence-electron chi connectivity index (χ2n) is 4.84. The fourth-order valence-electron chi connectivity index (χ4n) is 1.69. The minimum Gasteiger partial charge on any atom is -0.465 e. The third-order valence-electron chi connectivity index (χ3n) is 2.90. The van der Waals surface area contributed by atoms with Crippen LogP contribution in [-0.2, 0) is 9.53 Å². The Hall–Kier alpha value is -1.60. The summed E-state index contributed by atoms with van der Waals surface area (Å²) in [5, 5.41) is 10.5. The van der Waals surface area contributed by atoms with Crippen molar-refractivity contribution in [3.8, 4) is 0 Å². The van der Waals surface area contributed by atoms with Gasteiger partial charge in [-0.25, -0.2) is 0 Å². The van der Waals surface area contributed by atoms with Crippen LogP contribution >= 0.6 is 11.8 Å². The van der Waals surface area contributed by atoms with Crippen LogP contribution in [0.1, 0.15) is 26.7 Å². The molecule has 2 N–H and O–H groups in total. The molecule has 1 aromatic carbocycles. The number of carbonyl (C=O) groups excluding carboxylic acids is 1. The second kappa shape index (κ2) is 7.99. The number of thioether (sulfide) groups is 1. The molecule has 0 fully saturated rings. The van der Waals surface area contributed by atoms with Gasteiger partial charge in [0.2, 0.25) is 0 Å². The molecule has 1 rings (SSSR count). The molecule has 1 unspecified atom stereocenters. The van der Waals surface area contributed by atoms with Crippen LogP contribution in [0.4, 0.5) is 5.69 Å². The highest BCUT2D eigenvalue weighted by Gasteiger charge is 2.29. The number of hydrogen-bond donors (Lipinski definition) is 1. The van der Waals surface area contributed by atoms with Crippen molar-refractivity contribution in [3.05, 3.63) is 34.4 Å². The Labute approximate surface area is 128 Å². The van der Waals surface area contributed by atoms with E-state index in [1.54, 1.807) is 37.7 Å². The van der Waals surface area contributed by atoms with Crippen LogP contribution in [0.2, 0.25) is 0 Å². The van der Waals surface area contributed by atoms with Crippen LogP contribution in [-0.4, -0.2) is 28.8 Å². The Morgan fingerprint density at radius 3 is 2.57 bits per heavy atom. The predicted molar refractivity (Wildman–Crippen MR) is 82.3 cm³/mol. The molecular weight excluding hydrogens is 292 g/mol. The first-order chi connectivity index (χ1) is 9.86. The van der Waals surface area contributed by atoms with Gasteiger partial charge in [0.1, 0.15) is 5.54 Å². The van der Waals surface area contributed by atoms with Gasteiger partial charge in [-0.2, -0.15) is 0 Å². The molecule has 0 saturated heterocycles. The Kier molecular flexibility index (Phi) is 6.64. The molecule has 0 amide bonds. The van der Waals surface area contributed by atoms with Crippen molar-refractivity contribution in [2.75, 3.05) is 12.4 Å². The number of hydrogen-bond acceptors (Lipinski definition) is 6. The number of carbonyl (C=O) groups is 1. The van der Waals surface area contributed by atoms with Crippen LogP contribution < -0.4 is 5.73 Å². The van der Waals surface area contributed by atoms with E-state index in [1.807, 2.05) is 0 Å². The molecule has 0 saturated carbocycles. The van der Waals surface area contributed by atoms with Crippen LogP contribution in [0.3, 0.4) is 0 Å². The van der Waals surface area contributed by atoms with Crippen molar-refractivity contribution in [1.29, 1.82) is 0 Å². The van der Waals surface area contributed by atoms with Gasteiger partial charge in [0.25, 0.3) is 5.69 Å². The highest BCUT2D eigenvalue weighted by Crippen LogP contribution is 2.23. The normalized spacial score (nSPS) is 13.5. The molecule has 0 aliphatic carbocycles. The number of rotatable bonds is 8. The summed E-state index contributed by atoms with van der Waals surface area (Å²) in [5.41, 5.74) is 5.03. The van der Waals surface area contributed by atoms with E-state index >= 15 is 0 Å². The monoisotopic (exact) mass is 312 g/mol. The summed E-state index contributed by atoms with van der Waals surface area (Å²) in [6, 6.07) is 6.40. The maximum Gasteiger partial charge on any atom is 0.325 e. The molecule has 7 heteroatoms. The summed E-state index contributed by atoms with van der Waals surface area (Å²) in [7, 11) is 0. The molecule has 0 radical (unpaired) electrons. The summed E-state index contributed by atoms with van der Waals surface area (Å²) in [4.78, 5) is 22.7. The number of esters is 1. The summed E-state index contributed by atoms with van der Waals surface area (Å²) in [6.07, 6.45) is 1.29. The summed E-state index contributed by atoms with van der Waals surface area (Å²) in [5.74, 6) is 0.398. The Morgan fingerprint density at radius 1 is 1.43 bits per heavy atom. The largest absolute Gasteiger partial charge is 0.465 e. The van der Waals surface area contributed by atoms with Gasteiger partial charge < -0.3 is 10.5 Å². The van der Waals surface area contributed by atoms with Crippen molar-refractivity contribution in [3.63, 3.8) is 0 Å². The molecule has 116 valence electrons. The average molecular weight is 312 g/mol. The molecule has 1 atom stereocenters. The number of non-ortho nitro benzene ring substituents is 1. The number of benzene rings is 1. The lowest BCUT2D eigenvalue weighted by atomic mass is 9.98. The maximum absolute atomic E-state index is 11.6. The van der Waals surface area contributed by atoms with Crippen molar-refractivity contribution in [2.24, 2.45) is 5.73 Å². The molecular formula is C14H20N2O4S. The first kappa shape index (κ1) is 17.5. The minimum absolute atomic E-state index is 0.0798. The minimum atomic E-state index is -0.966. The number of nitro benzene ring substituents is 1. The van der Waals surface area contributed by atoms with Crippen molar-refractivity contribution >= 4 is 23.4 Å². The zero-order valence-corrected chi connectivity index (χ0v) is 13.0. The van der Waals surface area contributed by atoms with Gasteiger partial charge in [-0.05, 0) is 44.6 Å². The van der Waals surface area contributed by atoms with E-state index in [4.69, 9.17) is 10.5 Å². The fraction of sp³-hybridized carbons (Fsp3) is 0.500. The third-order valence-corrected chi connectivity index (χ3v) is 4.00. The number of nitrogens with two attached hydrogens (primary N) is 1. The van der Waals surface area contributed by atoms with Crippen LogP contribution in [0.25, 0.3) is 0 Å². The lowest BCUT2D eigenvalue weighted by molar-refractivity contribution is -0.384. The molecule has 6 nitrogen and oxygen atoms in total. The zero-order chi connectivity index (χ0) is 15.9. The molecule has 0 aliphatic rings. The molecule has 21 heavy (non-hydrogen) atoms. The number of ether oxygens (including phenoxy) is 1. The van der Waals surface area contributed by atoms with Crippen molar-refractivity contribution in [2.45, 2.75) is 37.1 Å². The lowest BCUT2D eigenvalue weighted by Gasteiger charge is -2.21. The van der Waals surface area contributed by atoms with Gasteiger partial charge in [0, 0.05) is 17.0 Å². The SMILES string of the molecule is CCOC(=O)C(C)(N)CCCSc1ccc([N+](=O)[O-])cc1. The van der Waals surface area contributed by atoms with E-state index in [1.165, 1.54) is 12.1 Å². The Morgan fingerprint density at radius 2 is 2.05 bits per heavy atom. The zero-order valence-electron chi connectivity index (χ0n) is 12.2. The second-order valence-corrected chi connectivity index (χ2v) is 6.01. The first-order valence-corrected chi connectivity index (χ1v) is 7.68. The van der Waals surface area contributed by atoms with Crippen LogP contribution in [0.15, 0.2) is 29.2 Å².